The van der Waals surface area contributed by atoms with E-state index in [2.05, 4.69) is 0 Å². The molecule has 0 saturated carbocycles. The quantitative estimate of drug-likeness (QED) is 0.874. The third kappa shape index (κ3) is 2.67. The third-order valence-electron chi connectivity index (χ3n) is 3.89. The topological polar surface area (TPSA) is 46.6 Å². The maximum Gasteiger partial charge on any atom is 0.245 e. The van der Waals surface area contributed by atoms with Gasteiger partial charge in [-0.2, -0.15) is 4.31 Å². The molecule has 0 radical (unpaired) electrons. The number of sulfonamides is 1. The van der Waals surface area contributed by atoms with Crippen molar-refractivity contribution in [3.05, 3.63) is 54.6 Å². The molecule has 2 aromatic rings. The van der Waals surface area contributed by atoms with Crippen molar-refractivity contribution in [1.29, 1.82) is 0 Å². The lowest BCUT2D eigenvalue weighted by Crippen LogP contribution is -2.44. The second-order valence-electron chi connectivity index (χ2n) is 6.03. The Labute approximate surface area is 131 Å². The van der Waals surface area contributed by atoms with Gasteiger partial charge in [-0.05, 0) is 37.1 Å². The fraction of sp³-hybridized carbons (Fsp3) is 0.294. The summed E-state index contributed by atoms with van der Waals surface area (Å²) < 4.78 is 32.2. The van der Waals surface area contributed by atoms with Gasteiger partial charge in [-0.3, -0.25) is 0 Å². The zero-order chi connectivity index (χ0) is 15.8. The summed E-state index contributed by atoms with van der Waals surface area (Å²) in [5.74, 6) is 0. The van der Waals surface area contributed by atoms with E-state index in [-0.39, 0.29) is 6.73 Å². The molecule has 22 heavy (non-hydrogen) atoms. The first-order chi connectivity index (χ1) is 10.4. The molecular weight excluding hydrogens is 298 g/mol. The van der Waals surface area contributed by atoms with E-state index >= 15 is 0 Å². The van der Waals surface area contributed by atoms with Crippen LogP contribution in [0.2, 0.25) is 0 Å². The number of nitrogens with zero attached hydrogens (tertiary/aromatic N) is 1. The predicted octanol–water partition coefficient (Wildman–Crippen LogP) is 3.11. The average molecular weight is 317 g/mol. The molecule has 3 rings (SSSR count). The number of hydrogen-bond donors (Lipinski definition) is 0. The molecule has 116 valence electrons. The molecule has 4 nitrogen and oxygen atoms in total. The van der Waals surface area contributed by atoms with E-state index in [0.717, 1.165) is 11.1 Å². The Hall–Kier alpha value is -1.69. The standard InChI is InChI=1S/C17H19NO3S/c1-17(2)12-21-13-18(17)22(19,20)16-10-8-15(9-11-16)14-6-4-3-5-7-14/h3-11H,12-13H2,1-2H3. The van der Waals surface area contributed by atoms with Crippen LogP contribution in [0, 0.1) is 0 Å². The summed E-state index contributed by atoms with van der Waals surface area (Å²) in [7, 11) is -3.54. The zero-order valence-corrected chi connectivity index (χ0v) is 13.5. The number of rotatable bonds is 3. The van der Waals surface area contributed by atoms with Gasteiger partial charge in [0.05, 0.1) is 17.0 Å². The maximum atomic E-state index is 12.7. The maximum absolute atomic E-state index is 12.7. The summed E-state index contributed by atoms with van der Waals surface area (Å²) >= 11 is 0. The van der Waals surface area contributed by atoms with Crippen LogP contribution in [0.3, 0.4) is 0 Å². The smallest absolute Gasteiger partial charge is 0.245 e. The van der Waals surface area contributed by atoms with Crippen LogP contribution in [0.5, 0.6) is 0 Å². The molecule has 1 fully saturated rings. The minimum Gasteiger partial charge on any atom is -0.363 e. The molecule has 0 spiro atoms. The molecule has 0 aliphatic carbocycles. The highest BCUT2D eigenvalue weighted by molar-refractivity contribution is 7.89. The molecule has 0 N–H and O–H groups in total. The van der Waals surface area contributed by atoms with Crippen molar-refractivity contribution >= 4 is 10.0 Å². The number of ether oxygens (including phenoxy) is 1. The summed E-state index contributed by atoms with van der Waals surface area (Å²) in [5.41, 5.74) is 1.55. The summed E-state index contributed by atoms with van der Waals surface area (Å²) in [6.07, 6.45) is 0. The molecule has 1 heterocycles. The normalized spacial score (nSPS) is 18.5. The van der Waals surface area contributed by atoms with Gasteiger partial charge in [0.2, 0.25) is 10.0 Å². The van der Waals surface area contributed by atoms with Crippen molar-refractivity contribution in [1.82, 2.24) is 4.31 Å². The molecule has 2 aromatic carbocycles. The molecule has 0 unspecified atom stereocenters. The van der Waals surface area contributed by atoms with Crippen LogP contribution in [0.4, 0.5) is 0 Å². The summed E-state index contributed by atoms with van der Waals surface area (Å²) in [6.45, 7) is 4.26. The van der Waals surface area contributed by atoms with Crippen LogP contribution in [0.1, 0.15) is 13.8 Å². The van der Waals surface area contributed by atoms with Crippen LogP contribution in [0.25, 0.3) is 11.1 Å². The Morgan fingerprint density at radius 3 is 2.09 bits per heavy atom. The van der Waals surface area contributed by atoms with Crippen molar-refractivity contribution in [2.75, 3.05) is 13.3 Å². The Morgan fingerprint density at radius 1 is 0.955 bits per heavy atom. The van der Waals surface area contributed by atoms with Gasteiger partial charge in [0.1, 0.15) is 6.73 Å². The molecule has 0 bridgehead atoms. The lowest BCUT2D eigenvalue weighted by molar-refractivity contribution is 0.171. The fourth-order valence-electron chi connectivity index (χ4n) is 2.60. The monoisotopic (exact) mass is 317 g/mol. The Morgan fingerprint density at radius 2 is 1.55 bits per heavy atom. The summed E-state index contributed by atoms with van der Waals surface area (Å²) in [4.78, 5) is 0.297. The van der Waals surface area contributed by atoms with Crippen molar-refractivity contribution in [3.8, 4) is 11.1 Å². The minimum absolute atomic E-state index is 0.107. The van der Waals surface area contributed by atoms with Crippen molar-refractivity contribution in [3.63, 3.8) is 0 Å². The SMILES string of the molecule is CC1(C)COCN1S(=O)(=O)c1ccc(-c2ccccc2)cc1. The van der Waals surface area contributed by atoms with Gasteiger partial charge in [-0.15, -0.1) is 0 Å². The van der Waals surface area contributed by atoms with E-state index in [0.29, 0.717) is 11.5 Å². The molecule has 1 aliphatic rings. The second kappa shape index (κ2) is 5.50. The number of benzene rings is 2. The predicted molar refractivity (Wildman–Crippen MR) is 85.8 cm³/mol. The van der Waals surface area contributed by atoms with Gasteiger partial charge in [0.15, 0.2) is 0 Å². The molecule has 0 atom stereocenters. The highest BCUT2D eigenvalue weighted by Gasteiger charge is 2.41. The summed E-state index contributed by atoms with van der Waals surface area (Å²) in [5, 5.41) is 0. The van der Waals surface area contributed by atoms with E-state index in [1.165, 1.54) is 4.31 Å². The van der Waals surface area contributed by atoms with Gasteiger partial charge in [-0.25, -0.2) is 8.42 Å². The number of hydrogen-bond acceptors (Lipinski definition) is 3. The highest BCUT2D eigenvalue weighted by atomic mass is 32.2. The third-order valence-corrected chi connectivity index (χ3v) is 5.94. The molecule has 0 aromatic heterocycles. The van der Waals surface area contributed by atoms with E-state index in [1.807, 2.05) is 56.3 Å². The fourth-order valence-corrected chi connectivity index (χ4v) is 4.25. The first-order valence-electron chi connectivity index (χ1n) is 7.17. The minimum atomic E-state index is -3.54. The second-order valence-corrected chi connectivity index (χ2v) is 7.90. The lowest BCUT2D eigenvalue weighted by atomic mass is 10.1. The summed E-state index contributed by atoms with van der Waals surface area (Å²) in [6, 6.07) is 16.9. The van der Waals surface area contributed by atoms with Crippen LogP contribution < -0.4 is 0 Å². The highest BCUT2D eigenvalue weighted by Crippen LogP contribution is 2.30. The molecule has 1 saturated heterocycles. The molecule has 1 aliphatic heterocycles. The van der Waals surface area contributed by atoms with Crippen LogP contribution in [-0.2, 0) is 14.8 Å². The Kier molecular flexibility index (Phi) is 3.80. The molecule has 5 heteroatoms. The zero-order valence-electron chi connectivity index (χ0n) is 12.7. The van der Waals surface area contributed by atoms with Crippen molar-refractivity contribution < 1.29 is 13.2 Å². The first-order valence-corrected chi connectivity index (χ1v) is 8.61. The largest absolute Gasteiger partial charge is 0.363 e. The van der Waals surface area contributed by atoms with Crippen molar-refractivity contribution in [2.45, 2.75) is 24.3 Å². The van der Waals surface area contributed by atoms with Crippen molar-refractivity contribution in [2.24, 2.45) is 0 Å². The van der Waals surface area contributed by atoms with Gasteiger partial charge < -0.3 is 4.74 Å². The van der Waals surface area contributed by atoms with Crippen LogP contribution >= 0.6 is 0 Å². The van der Waals surface area contributed by atoms with E-state index in [4.69, 9.17) is 4.74 Å². The molecular formula is C17H19NO3S. The Bertz CT molecular complexity index is 752. The van der Waals surface area contributed by atoms with Gasteiger partial charge in [0.25, 0.3) is 0 Å². The van der Waals surface area contributed by atoms with Gasteiger partial charge in [-0.1, -0.05) is 42.5 Å². The average Bonchev–Trinajstić information content (AvgIpc) is 2.88. The first kappa shape index (κ1) is 15.2. The lowest BCUT2D eigenvalue weighted by Gasteiger charge is -2.28. The van der Waals surface area contributed by atoms with Gasteiger partial charge >= 0.3 is 0 Å². The van der Waals surface area contributed by atoms with Gasteiger partial charge in [0, 0.05) is 0 Å². The van der Waals surface area contributed by atoms with Crippen LogP contribution in [0.15, 0.2) is 59.5 Å². The van der Waals surface area contributed by atoms with E-state index < -0.39 is 15.6 Å². The van der Waals surface area contributed by atoms with Crippen LogP contribution in [-0.4, -0.2) is 31.6 Å². The Balaban J connectivity index is 1.93. The van der Waals surface area contributed by atoms with E-state index in [9.17, 15) is 8.42 Å². The molecule has 0 amide bonds. The van der Waals surface area contributed by atoms with E-state index in [1.54, 1.807) is 12.1 Å².